The van der Waals surface area contributed by atoms with Crippen LogP contribution in [0.3, 0.4) is 0 Å². The number of ether oxygens (including phenoxy) is 3. The fourth-order valence-electron chi connectivity index (χ4n) is 3.05. The maximum Gasteiger partial charge on any atom is 0.161 e. The molecule has 0 amide bonds. The highest BCUT2D eigenvalue weighted by molar-refractivity contribution is 6.35. The second kappa shape index (κ2) is 10.2. The Labute approximate surface area is 170 Å². The van der Waals surface area contributed by atoms with Gasteiger partial charge in [-0.25, -0.2) is 0 Å². The second-order valence-electron chi connectivity index (χ2n) is 6.47. The van der Waals surface area contributed by atoms with Crippen molar-refractivity contribution in [1.82, 2.24) is 5.32 Å². The first-order valence-electron chi connectivity index (χ1n) is 9.31. The van der Waals surface area contributed by atoms with E-state index >= 15 is 0 Å². The van der Waals surface area contributed by atoms with Crippen LogP contribution in [0.25, 0.3) is 0 Å². The molecule has 146 valence electrons. The van der Waals surface area contributed by atoms with E-state index in [-0.39, 0.29) is 6.61 Å². The van der Waals surface area contributed by atoms with Crippen molar-refractivity contribution in [3.05, 3.63) is 57.6 Å². The molecule has 0 aromatic heterocycles. The Balaban J connectivity index is 1.62. The van der Waals surface area contributed by atoms with Crippen LogP contribution in [-0.4, -0.2) is 25.9 Å². The molecule has 0 saturated carbocycles. The normalized spacial score (nSPS) is 16.5. The minimum absolute atomic E-state index is 0.287. The third-order valence-electron chi connectivity index (χ3n) is 4.47. The SMILES string of the molecule is CCOc1cc(CNC[C@H]2CCCO2)ccc1OCc1c(Cl)cccc1Cl. The predicted octanol–water partition coefficient (Wildman–Crippen LogP) is 5.24. The maximum atomic E-state index is 6.22. The summed E-state index contributed by atoms with van der Waals surface area (Å²) in [6.07, 6.45) is 2.62. The van der Waals surface area contributed by atoms with Crippen molar-refractivity contribution in [3.8, 4) is 11.5 Å². The van der Waals surface area contributed by atoms with Crippen LogP contribution in [0.2, 0.25) is 10.0 Å². The summed E-state index contributed by atoms with van der Waals surface area (Å²) in [4.78, 5) is 0. The highest BCUT2D eigenvalue weighted by atomic mass is 35.5. The van der Waals surface area contributed by atoms with E-state index < -0.39 is 0 Å². The van der Waals surface area contributed by atoms with Gasteiger partial charge in [-0.2, -0.15) is 0 Å². The number of hydrogen-bond acceptors (Lipinski definition) is 4. The molecule has 6 heteroatoms. The lowest BCUT2D eigenvalue weighted by Crippen LogP contribution is -2.25. The molecule has 0 radical (unpaired) electrons. The number of halogens is 2. The van der Waals surface area contributed by atoms with E-state index in [4.69, 9.17) is 37.4 Å². The summed E-state index contributed by atoms with van der Waals surface area (Å²) < 4.78 is 17.3. The lowest BCUT2D eigenvalue weighted by molar-refractivity contribution is 0.110. The van der Waals surface area contributed by atoms with Crippen molar-refractivity contribution < 1.29 is 14.2 Å². The van der Waals surface area contributed by atoms with Gasteiger partial charge in [0.15, 0.2) is 11.5 Å². The van der Waals surface area contributed by atoms with Crippen LogP contribution in [0.15, 0.2) is 36.4 Å². The molecule has 2 aromatic rings. The van der Waals surface area contributed by atoms with Gasteiger partial charge in [0.1, 0.15) is 6.61 Å². The van der Waals surface area contributed by atoms with Crippen molar-refractivity contribution in [2.45, 2.75) is 39.0 Å². The molecule has 1 aliphatic rings. The van der Waals surface area contributed by atoms with Gasteiger partial charge in [-0.15, -0.1) is 0 Å². The Hall–Kier alpha value is -1.46. The van der Waals surface area contributed by atoms with E-state index in [0.29, 0.717) is 28.5 Å². The van der Waals surface area contributed by atoms with Crippen LogP contribution >= 0.6 is 23.2 Å². The topological polar surface area (TPSA) is 39.7 Å². The average Bonchev–Trinajstić information content (AvgIpc) is 3.16. The fraction of sp³-hybridized carbons (Fsp3) is 0.429. The Morgan fingerprint density at radius 2 is 1.93 bits per heavy atom. The minimum Gasteiger partial charge on any atom is -0.490 e. The van der Waals surface area contributed by atoms with Crippen LogP contribution in [0.1, 0.15) is 30.9 Å². The van der Waals surface area contributed by atoms with Crippen LogP contribution in [-0.2, 0) is 17.9 Å². The van der Waals surface area contributed by atoms with Crippen molar-refractivity contribution in [1.29, 1.82) is 0 Å². The fourth-order valence-corrected chi connectivity index (χ4v) is 3.56. The highest BCUT2D eigenvalue weighted by Gasteiger charge is 2.15. The van der Waals surface area contributed by atoms with Crippen molar-refractivity contribution in [2.24, 2.45) is 0 Å². The highest BCUT2D eigenvalue weighted by Crippen LogP contribution is 2.31. The molecular formula is C21H25Cl2NO3. The molecule has 3 rings (SSSR count). The first-order chi connectivity index (χ1) is 13.2. The van der Waals surface area contributed by atoms with E-state index in [1.54, 1.807) is 12.1 Å². The Bertz CT molecular complexity index is 728. The molecule has 0 bridgehead atoms. The van der Waals surface area contributed by atoms with Crippen LogP contribution in [0.5, 0.6) is 11.5 Å². The van der Waals surface area contributed by atoms with Crippen molar-refractivity contribution >= 4 is 23.2 Å². The number of nitrogens with one attached hydrogen (secondary N) is 1. The minimum atomic E-state index is 0.287. The number of hydrogen-bond donors (Lipinski definition) is 1. The quantitative estimate of drug-likeness (QED) is 0.614. The van der Waals surface area contributed by atoms with Crippen LogP contribution in [0, 0.1) is 0 Å². The molecule has 0 aliphatic carbocycles. The molecule has 27 heavy (non-hydrogen) atoms. The molecule has 1 aliphatic heterocycles. The summed E-state index contributed by atoms with van der Waals surface area (Å²) in [7, 11) is 0. The molecular weight excluding hydrogens is 385 g/mol. The average molecular weight is 410 g/mol. The summed E-state index contributed by atoms with van der Waals surface area (Å²) in [6, 6.07) is 11.4. The van der Waals surface area contributed by atoms with Gasteiger partial charge in [-0.05, 0) is 49.6 Å². The van der Waals surface area contributed by atoms with Gasteiger partial charge in [0.25, 0.3) is 0 Å². The Morgan fingerprint density at radius 3 is 2.63 bits per heavy atom. The molecule has 1 fully saturated rings. The monoisotopic (exact) mass is 409 g/mol. The molecule has 1 heterocycles. The van der Waals surface area contributed by atoms with E-state index in [1.807, 2.05) is 31.2 Å². The van der Waals surface area contributed by atoms with Gasteiger partial charge < -0.3 is 19.5 Å². The molecule has 4 nitrogen and oxygen atoms in total. The van der Waals surface area contributed by atoms with Gasteiger partial charge in [0.05, 0.1) is 12.7 Å². The summed E-state index contributed by atoms with van der Waals surface area (Å²) >= 11 is 12.4. The van der Waals surface area contributed by atoms with Crippen molar-refractivity contribution in [3.63, 3.8) is 0 Å². The Morgan fingerprint density at radius 1 is 1.11 bits per heavy atom. The van der Waals surface area contributed by atoms with Gasteiger partial charge in [0, 0.05) is 35.3 Å². The number of rotatable bonds is 9. The largest absolute Gasteiger partial charge is 0.490 e. The van der Waals surface area contributed by atoms with E-state index in [9.17, 15) is 0 Å². The third-order valence-corrected chi connectivity index (χ3v) is 5.18. The van der Waals surface area contributed by atoms with Gasteiger partial charge in [-0.1, -0.05) is 35.3 Å². The molecule has 0 spiro atoms. The zero-order chi connectivity index (χ0) is 19.1. The zero-order valence-electron chi connectivity index (χ0n) is 15.5. The van der Waals surface area contributed by atoms with E-state index in [2.05, 4.69) is 5.32 Å². The molecule has 1 atom stereocenters. The summed E-state index contributed by atoms with van der Waals surface area (Å²) in [5, 5.41) is 4.63. The van der Waals surface area contributed by atoms with E-state index in [0.717, 1.165) is 49.4 Å². The van der Waals surface area contributed by atoms with Gasteiger partial charge in [-0.3, -0.25) is 0 Å². The standard InChI is InChI=1S/C21H25Cl2NO3/c1-2-25-21-11-15(12-24-13-16-5-4-10-26-16)8-9-20(21)27-14-17-18(22)6-3-7-19(17)23/h3,6-9,11,16,24H,2,4-5,10,12-14H2,1H3/t16-/m1/s1. The predicted molar refractivity (Wildman–Crippen MR) is 109 cm³/mol. The number of benzene rings is 2. The van der Waals surface area contributed by atoms with Crippen molar-refractivity contribution in [2.75, 3.05) is 19.8 Å². The lowest BCUT2D eigenvalue weighted by atomic mass is 10.2. The molecule has 0 unspecified atom stereocenters. The van der Waals surface area contributed by atoms with Crippen LogP contribution < -0.4 is 14.8 Å². The lowest BCUT2D eigenvalue weighted by Gasteiger charge is -2.15. The maximum absolute atomic E-state index is 6.22. The van der Waals surface area contributed by atoms with Crippen LogP contribution in [0.4, 0.5) is 0 Å². The smallest absolute Gasteiger partial charge is 0.161 e. The summed E-state index contributed by atoms with van der Waals surface area (Å²) in [6.45, 7) is 5.31. The van der Waals surface area contributed by atoms with E-state index in [1.165, 1.54) is 0 Å². The first kappa shape index (κ1) is 20.3. The van der Waals surface area contributed by atoms with Gasteiger partial charge in [0.2, 0.25) is 0 Å². The first-order valence-corrected chi connectivity index (χ1v) is 10.1. The third kappa shape index (κ3) is 5.76. The second-order valence-corrected chi connectivity index (χ2v) is 7.28. The molecule has 1 N–H and O–H groups in total. The molecule has 2 aromatic carbocycles. The summed E-state index contributed by atoms with van der Waals surface area (Å²) in [5.74, 6) is 1.40. The molecule has 1 saturated heterocycles. The summed E-state index contributed by atoms with van der Waals surface area (Å²) in [5.41, 5.74) is 1.91. The Kier molecular flexibility index (Phi) is 7.65. The van der Waals surface area contributed by atoms with Gasteiger partial charge >= 0.3 is 0 Å². The zero-order valence-corrected chi connectivity index (χ0v) is 17.0.